The zero-order valence-corrected chi connectivity index (χ0v) is 15.8. The monoisotopic (exact) mass is 367 g/mol. The van der Waals surface area contributed by atoms with Crippen molar-refractivity contribution in [1.82, 2.24) is 14.5 Å². The van der Waals surface area contributed by atoms with Crippen molar-refractivity contribution in [1.29, 1.82) is 0 Å². The largest absolute Gasteiger partial charge is 0.391 e. The normalized spacial score (nSPS) is 32.5. The smallest absolute Gasteiger partial charge is 0.140 e. The van der Waals surface area contributed by atoms with Gasteiger partial charge >= 0.3 is 0 Å². The van der Waals surface area contributed by atoms with Crippen LogP contribution in [0.4, 0.5) is 0 Å². The van der Waals surface area contributed by atoms with Crippen LogP contribution >= 0.6 is 0 Å². The van der Waals surface area contributed by atoms with Crippen molar-refractivity contribution in [3.63, 3.8) is 0 Å². The van der Waals surface area contributed by atoms with Crippen LogP contribution in [0.25, 0.3) is 11.4 Å². The molecule has 2 aliphatic heterocycles. The standard InChI is InChI=1S/C22H29N3O2/c26-21-13-18-15-24(19-6-10-27-11-7-19)14-17(18)12-20(21)25-9-8-23-22(25)16-4-2-1-3-5-16/h1-5,8-9,17-21,26H,6-7,10-15H2/t17-,18+,20-,21-/m0/s1. The zero-order valence-electron chi connectivity index (χ0n) is 15.8. The lowest BCUT2D eigenvalue weighted by Gasteiger charge is -2.36. The molecule has 1 aromatic carbocycles. The van der Waals surface area contributed by atoms with Gasteiger partial charge in [0.05, 0.1) is 12.1 Å². The minimum Gasteiger partial charge on any atom is -0.391 e. The van der Waals surface area contributed by atoms with Crippen molar-refractivity contribution < 1.29 is 9.84 Å². The van der Waals surface area contributed by atoms with Gasteiger partial charge in [-0.25, -0.2) is 4.98 Å². The first kappa shape index (κ1) is 17.4. The van der Waals surface area contributed by atoms with Crippen molar-refractivity contribution in [3.05, 3.63) is 42.7 Å². The summed E-state index contributed by atoms with van der Waals surface area (Å²) in [6, 6.07) is 11.1. The van der Waals surface area contributed by atoms with Gasteiger partial charge in [0.1, 0.15) is 5.82 Å². The highest BCUT2D eigenvalue weighted by Crippen LogP contribution is 2.43. The molecule has 3 fully saturated rings. The number of ether oxygens (including phenoxy) is 1. The molecule has 2 saturated heterocycles. The van der Waals surface area contributed by atoms with Crippen LogP contribution in [0.3, 0.4) is 0 Å². The molecule has 1 N–H and O–H groups in total. The first-order valence-corrected chi connectivity index (χ1v) is 10.4. The maximum atomic E-state index is 11.0. The molecule has 3 heterocycles. The van der Waals surface area contributed by atoms with E-state index >= 15 is 0 Å². The SMILES string of the molecule is O[C@H]1C[C@@H]2CN(C3CCOCC3)C[C@@H]2C[C@@H]1n1ccnc1-c1ccccc1. The Kier molecular flexibility index (Phi) is 4.76. The van der Waals surface area contributed by atoms with Crippen molar-refractivity contribution >= 4 is 0 Å². The minimum atomic E-state index is -0.294. The number of aliphatic hydroxyl groups is 1. The molecule has 0 radical (unpaired) electrons. The summed E-state index contributed by atoms with van der Waals surface area (Å²) < 4.78 is 7.75. The second-order valence-electron chi connectivity index (χ2n) is 8.45. The summed E-state index contributed by atoms with van der Waals surface area (Å²) in [5, 5.41) is 11.0. The number of nitrogens with zero attached hydrogens (tertiary/aromatic N) is 3. The third-order valence-electron chi connectivity index (χ3n) is 6.90. The second kappa shape index (κ2) is 7.38. The van der Waals surface area contributed by atoms with Crippen LogP contribution in [-0.4, -0.2) is 58.0 Å². The third-order valence-corrected chi connectivity index (χ3v) is 6.90. The average Bonchev–Trinajstić information content (AvgIpc) is 3.35. The molecule has 27 heavy (non-hydrogen) atoms. The van der Waals surface area contributed by atoms with Crippen molar-refractivity contribution in [3.8, 4) is 11.4 Å². The average molecular weight is 367 g/mol. The van der Waals surface area contributed by atoms with Crippen LogP contribution in [-0.2, 0) is 4.74 Å². The van der Waals surface area contributed by atoms with Gasteiger partial charge in [0.25, 0.3) is 0 Å². The molecule has 0 bridgehead atoms. The number of aliphatic hydroxyl groups excluding tert-OH is 1. The Bertz CT molecular complexity index is 756. The molecule has 1 aliphatic carbocycles. The van der Waals surface area contributed by atoms with E-state index in [2.05, 4.69) is 26.6 Å². The van der Waals surface area contributed by atoms with E-state index in [1.54, 1.807) is 0 Å². The molecule has 0 amide bonds. The Balaban J connectivity index is 1.34. The van der Waals surface area contributed by atoms with Gasteiger partial charge in [-0.3, -0.25) is 4.90 Å². The van der Waals surface area contributed by atoms with Gasteiger partial charge in [-0.15, -0.1) is 0 Å². The fourth-order valence-corrected chi connectivity index (χ4v) is 5.48. The molecule has 5 rings (SSSR count). The van der Waals surface area contributed by atoms with E-state index in [4.69, 9.17) is 4.74 Å². The minimum absolute atomic E-state index is 0.124. The Morgan fingerprint density at radius 2 is 1.74 bits per heavy atom. The van der Waals surface area contributed by atoms with Crippen LogP contribution in [0.15, 0.2) is 42.7 Å². The van der Waals surface area contributed by atoms with Crippen LogP contribution < -0.4 is 0 Å². The summed E-state index contributed by atoms with van der Waals surface area (Å²) in [6.45, 7) is 4.12. The summed E-state index contributed by atoms with van der Waals surface area (Å²) in [4.78, 5) is 7.28. The molecule has 0 unspecified atom stereocenters. The first-order valence-electron chi connectivity index (χ1n) is 10.4. The number of fused-ring (bicyclic) bond motifs is 1. The maximum Gasteiger partial charge on any atom is 0.140 e. The highest BCUT2D eigenvalue weighted by molar-refractivity contribution is 5.55. The van der Waals surface area contributed by atoms with E-state index in [1.165, 1.54) is 6.54 Å². The lowest BCUT2D eigenvalue weighted by atomic mass is 9.77. The van der Waals surface area contributed by atoms with E-state index in [1.807, 2.05) is 30.6 Å². The summed E-state index contributed by atoms with van der Waals surface area (Å²) >= 11 is 0. The molecular weight excluding hydrogens is 338 g/mol. The van der Waals surface area contributed by atoms with Crippen LogP contribution in [0.5, 0.6) is 0 Å². The van der Waals surface area contributed by atoms with Crippen molar-refractivity contribution in [2.45, 2.75) is 43.9 Å². The summed E-state index contributed by atoms with van der Waals surface area (Å²) in [6.07, 6.45) is 7.88. The Labute approximate surface area is 161 Å². The number of imidazole rings is 1. The van der Waals surface area contributed by atoms with Crippen molar-refractivity contribution in [2.24, 2.45) is 11.8 Å². The molecule has 1 aromatic heterocycles. The topological polar surface area (TPSA) is 50.5 Å². The van der Waals surface area contributed by atoms with E-state index in [9.17, 15) is 5.11 Å². The predicted octanol–water partition coefficient (Wildman–Crippen LogP) is 2.97. The molecule has 5 nitrogen and oxygen atoms in total. The number of aromatic nitrogens is 2. The predicted molar refractivity (Wildman–Crippen MR) is 104 cm³/mol. The molecule has 4 atom stereocenters. The fourth-order valence-electron chi connectivity index (χ4n) is 5.48. The summed E-state index contributed by atoms with van der Waals surface area (Å²) in [7, 11) is 0. The van der Waals surface area contributed by atoms with Crippen molar-refractivity contribution in [2.75, 3.05) is 26.3 Å². The molecule has 2 aromatic rings. The molecule has 0 spiro atoms. The van der Waals surface area contributed by atoms with Crippen LogP contribution in [0.1, 0.15) is 31.7 Å². The third kappa shape index (κ3) is 3.33. The first-order chi connectivity index (χ1) is 13.3. The Hall–Kier alpha value is -1.69. The number of hydrogen-bond donors (Lipinski definition) is 1. The van der Waals surface area contributed by atoms with Gasteiger partial charge in [-0.05, 0) is 37.5 Å². The molecule has 5 heteroatoms. The van der Waals surface area contributed by atoms with Gasteiger partial charge in [-0.1, -0.05) is 30.3 Å². The quantitative estimate of drug-likeness (QED) is 0.906. The van der Waals surface area contributed by atoms with Gasteiger partial charge < -0.3 is 14.4 Å². The maximum absolute atomic E-state index is 11.0. The van der Waals surface area contributed by atoms with Gasteiger partial charge in [0, 0.05) is 50.3 Å². The number of hydrogen-bond acceptors (Lipinski definition) is 4. The van der Waals surface area contributed by atoms with E-state index in [0.717, 1.165) is 56.8 Å². The number of rotatable bonds is 3. The zero-order chi connectivity index (χ0) is 18.2. The lowest BCUT2D eigenvalue weighted by Crippen LogP contribution is -2.38. The molecule has 3 aliphatic rings. The Morgan fingerprint density at radius 3 is 2.52 bits per heavy atom. The van der Waals surface area contributed by atoms with Crippen LogP contribution in [0.2, 0.25) is 0 Å². The lowest BCUT2D eigenvalue weighted by molar-refractivity contribution is 0.0357. The highest BCUT2D eigenvalue weighted by Gasteiger charge is 2.44. The number of benzene rings is 1. The van der Waals surface area contributed by atoms with Crippen LogP contribution in [0, 0.1) is 11.8 Å². The van der Waals surface area contributed by atoms with Gasteiger partial charge in [-0.2, -0.15) is 0 Å². The molecule has 1 saturated carbocycles. The fraction of sp³-hybridized carbons (Fsp3) is 0.591. The van der Waals surface area contributed by atoms with Gasteiger partial charge in [0.15, 0.2) is 0 Å². The second-order valence-corrected chi connectivity index (χ2v) is 8.45. The van der Waals surface area contributed by atoms with E-state index < -0.39 is 0 Å². The summed E-state index contributed by atoms with van der Waals surface area (Å²) in [5.74, 6) is 2.27. The highest BCUT2D eigenvalue weighted by atomic mass is 16.5. The molecule has 144 valence electrons. The number of likely N-dealkylation sites (tertiary alicyclic amines) is 1. The van der Waals surface area contributed by atoms with E-state index in [0.29, 0.717) is 17.9 Å². The summed E-state index contributed by atoms with van der Waals surface area (Å²) in [5.41, 5.74) is 1.12. The molecular formula is C22H29N3O2. The Morgan fingerprint density at radius 1 is 1.00 bits per heavy atom. The van der Waals surface area contributed by atoms with Gasteiger partial charge in [0.2, 0.25) is 0 Å². The van der Waals surface area contributed by atoms with E-state index in [-0.39, 0.29) is 12.1 Å².